The Hall–Kier alpha value is -0.440. The van der Waals surface area contributed by atoms with Crippen LogP contribution in [0.4, 0.5) is 8.78 Å². The molecule has 3 heteroatoms. The van der Waals surface area contributed by atoms with Gasteiger partial charge in [0, 0.05) is 10.9 Å². The van der Waals surface area contributed by atoms with E-state index in [1.54, 1.807) is 6.07 Å². The van der Waals surface area contributed by atoms with Crippen molar-refractivity contribution in [2.75, 3.05) is 0 Å². The number of rotatable bonds is 6. The molecular weight excluding hydrogens is 334 g/mol. The zero-order valence-electron chi connectivity index (χ0n) is 12.8. The van der Waals surface area contributed by atoms with Crippen LogP contribution in [-0.4, -0.2) is 4.83 Å². The highest BCUT2D eigenvalue weighted by molar-refractivity contribution is 9.09. The molecule has 1 atom stereocenters. The van der Waals surface area contributed by atoms with Crippen LogP contribution in [-0.2, 0) is 6.42 Å². The quantitative estimate of drug-likeness (QED) is 0.525. The molecule has 0 aliphatic heterocycles. The standard InChI is InChI=1S/C18H25BrF2/c1-2-3-4-13-5-7-14(8-6-13)17(19)11-15-9-10-16(20)12-18(15)21/h9-10,12-14,17H,2-8,11H2,1H3. The van der Waals surface area contributed by atoms with E-state index in [0.29, 0.717) is 22.7 Å². The molecule has 2 rings (SSSR count). The first-order valence-corrected chi connectivity index (χ1v) is 9.09. The largest absolute Gasteiger partial charge is 0.207 e. The van der Waals surface area contributed by atoms with Gasteiger partial charge in [0.15, 0.2) is 0 Å². The van der Waals surface area contributed by atoms with Crippen molar-refractivity contribution < 1.29 is 8.78 Å². The summed E-state index contributed by atoms with van der Waals surface area (Å²) in [4.78, 5) is 0.296. The Morgan fingerprint density at radius 3 is 2.52 bits per heavy atom. The van der Waals surface area contributed by atoms with Crippen molar-refractivity contribution in [3.05, 3.63) is 35.4 Å². The van der Waals surface area contributed by atoms with Crippen molar-refractivity contribution in [1.29, 1.82) is 0 Å². The van der Waals surface area contributed by atoms with Crippen molar-refractivity contribution in [3.8, 4) is 0 Å². The summed E-state index contributed by atoms with van der Waals surface area (Å²) in [5.41, 5.74) is 0.617. The lowest BCUT2D eigenvalue weighted by molar-refractivity contribution is 0.256. The molecule has 1 aromatic rings. The molecule has 0 N–H and O–H groups in total. The SMILES string of the molecule is CCCCC1CCC(C(Br)Cc2ccc(F)cc2F)CC1. The van der Waals surface area contributed by atoms with E-state index < -0.39 is 11.6 Å². The van der Waals surface area contributed by atoms with Crippen molar-refractivity contribution >= 4 is 15.9 Å². The van der Waals surface area contributed by atoms with Gasteiger partial charge in [-0.3, -0.25) is 0 Å². The number of benzene rings is 1. The van der Waals surface area contributed by atoms with Crippen LogP contribution in [0.2, 0.25) is 0 Å². The molecule has 0 bridgehead atoms. The molecule has 0 spiro atoms. The Labute approximate surface area is 135 Å². The van der Waals surface area contributed by atoms with Crippen LogP contribution in [0.5, 0.6) is 0 Å². The topological polar surface area (TPSA) is 0 Å². The molecule has 1 fully saturated rings. The van der Waals surface area contributed by atoms with Gasteiger partial charge in [0.05, 0.1) is 0 Å². The lowest BCUT2D eigenvalue weighted by Crippen LogP contribution is -2.23. The molecule has 0 amide bonds. The van der Waals surface area contributed by atoms with Crippen molar-refractivity contribution in [3.63, 3.8) is 0 Å². The Bertz CT molecular complexity index is 439. The molecule has 1 aliphatic rings. The molecule has 0 heterocycles. The molecule has 0 aromatic heterocycles. The fourth-order valence-corrected chi connectivity index (χ4v) is 4.27. The van der Waals surface area contributed by atoms with Crippen LogP contribution in [0.3, 0.4) is 0 Å². The van der Waals surface area contributed by atoms with E-state index in [1.165, 1.54) is 51.0 Å². The first kappa shape index (κ1) is 16.9. The van der Waals surface area contributed by atoms with Gasteiger partial charge in [-0.2, -0.15) is 0 Å². The normalized spacial score (nSPS) is 24.0. The van der Waals surface area contributed by atoms with Gasteiger partial charge in [0.25, 0.3) is 0 Å². The second kappa shape index (κ2) is 8.26. The Morgan fingerprint density at radius 1 is 1.19 bits per heavy atom. The minimum absolute atomic E-state index is 0.296. The minimum Gasteiger partial charge on any atom is -0.207 e. The highest BCUT2D eigenvalue weighted by Gasteiger charge is 2.26. The maximum absolute atomic E-state index is 13.7. The second-order valence-corrected chi connectivity index (χ2v) is 7.56. The predicted molar refractivity (Wildman–Crippen MR) is 87.8 cm³/mol. The highest BCUT2D eigenvalue weighted by Crippen LogP contribution is 2.37. The molecule has 118 valence electrons. The maximum Gasteiger partial charge on any atom is 0.129 e. The third-order valence-electron chi connectivity index (χ3n) is 4.80. The zero-order chi connectivity index (χ0) is 15.2. The van der Waals surface area contributed by atoms with E-state index >= 15 is 0 Å². The molecule has 21 heavy (non-hydrogen) atoms. The van der Waals surface area contributed by atoms with E-state index in [-0.39, 0.29) is 0 Å². The van der Waals surface area contributed by atoms with Crippen LogP contribution < -0.4 is 0 Å². The molecule has 1 saturated carbocycles. The van der Waals surface area contributed by atoms with E-state index in [1.807, 2.05) is 0 Å². The Kier molecular flexibility index (Phi) is 6.66. The number of alkyl halides is 1. The van der Waals surface area contributed by atoms with Crippen LogP contribution in [0.1, 0.15) is 57.4 Å². The molecule has 1 unspecified atom stereocenters. The van der Waals surface area contributed by atoms with E-state index in [4.69, 9.17) is 0 Å². The third-order valence-corrected chi connectivity index (χ3v) is 5.87. The van der Waals surface area contributed by atoms with Gasteiger partial charge >= 0.3 is 0 Å². The van der Waals surface area contributed by atoms with E-state index in [2.05, 4.69) is 22.9 Å². The van der Waals surface area contributed by atoms with Gasteiger partial charge < -0.3 is 0 Å². The van der Waals surface area contributed by atoms with Gasteiger partial charge in [0.2, 0.25) is 0 Å². The lowest BCUT2D eigenvalue weighted by atomic mass is 9.78. The average Bonchev–Trinajstić information content (AvgIpc) is 2.48. The average molecular weight is 359 g/mol. The summed E-state index contributed by atoms with van der Waals surface area (Å²) in [6.07, 6.45) is 9.70. The first-order chi connectivity index (χ1) is 10.1. The Balaban J connectivity index is 1.83. The fraction of sp³-hybridized carbons (Fsp3) is 0.667. The zero-order valence-corrected chi connectivity index (χ0v) is 14.3. The molecular formula is C18H25BrF2. The monoisotopic (exact) mass is 358 g/mol. The summed E-state index contributed by atoms with van der Waals surface area (Å²) >= 11 is 3.74. The summed E-state index contributed by atoms with van der Waals surface area (Å²) in [7, 11) is 0. The minimum atomic E-state index is -0.501. The molecule has 1 aliphatic carbocycles. The van der Waals surface area contributed by atoms with Crippen molar-refractivity contribution in [2.45, 2.75) is 63.1 Å². The number of hydrogen-bond donors (Lipinski definition) is 0. The summed E-state index contributed by atoms with van der Waals surface area (Å²) in [5.74, 6) is 0.589. The van der Waals surface area contributed by atoms with E-state index in [0.717, 1.165) is 12.0 Å². The Morgan fingerprint density at radius 2 is 1.90 bits per heavy atom. The molecule has 1 aromatic carbocycles. The maximum atomic E-state index is 13.7. The summed E-state index contributed by atoms with van der Waals surface area (Å²) in [6, 6.07) is 3.91. The van der Waals surface area contributed by atoms with Gasteiger partial charge in [0.1, 0.15) is 11.6 Å². The van der Waals surface area contributed by atoms with Crippen molar-refractivity contribution in [1.82, 2.24) is 0 Å². The van der Waals surface area contributed by atoms with Gasteiger partial charge in [-0.25, -0.2) is 8.78 Å². The summed E-state index contributed by atoms with van der Waals surface area (Å²) in [5, 5.41) is 0. The molecule has 0 nitrogen and oxygen atoms in total. The van der Waals surface area contributed by atoms with E-state index in [9.17, 15) is 8.78 Å². The third kappa shape index (κ3) is 5.05. The predicted octanol–water partition coefficient (Wildman–Crippen LogP) is 6.27. The van der Waals surface area contributed by atoms with Gasteiger partial charge in [-0.15, -0.1) is 0 Å². The number of unbranched alkanes of at least 4 members (excludes halogenated alkanes) is 1. The van der Waals surface area contributed by atoms with Gasteiger partial charge in [-0.05, 0) is 42.7 Å². The second-order valence-electron chi connectivity index (χ2n) is 6.38. The molecule has 0 radical (unpaired) electrons. The van der Waals surface area contributed by atoms with Gasteiger partial charge in [-0.1, -0.05) is 61.0 Å². The van der Waals surface area contributed by atoms with Crippen LogP contribution >= 0.6 is 15.9 Å². The fourth-order valence-electron chi connectivity index (χ4n) is 3.40. The summed E-state index contributed by atoms with van der Waals surface area (Å²) in [6.45, 7) is 2.25. The van der Waals surface area contributed by atoms with Crippen LogP contribution in [0.15, 0.2) is 18.2 Å². The van der Waals surface area contributed by atoms with Crippen LogP contribution in [0.25, 0.3) is 0 Å². The first-order valence-electron chi connectivity index (χ1n) is 8.18. The van der Waals surface area contributed by atoms with Crippen molar-refractivity contribution in [2.24, 2.45) is 11.8 Å². The summed E-state index contributed by atoms with van der Waals surface area (Å²) < 4.78 is 26.7. The van der Waals surface area contributed by atoms with Crippen LogP contribution in [0, 0.1) is 23.5 Å². The highest BCUT2D eigenvalue weighted by atomic mass is 79.9. The smallest absolute Gasteiger partial charge is 0.129 e. The lowest BCUT2D eigenvalue weighted by Gasteiger charge is -2.31. The number of halogens is 3. The number of hydrogen-bond acceptors (Lipinski definition) is 0. The molecule has 0 saturated heterocycles.